The molecule has 7 heteroatoms. The van der Waals surface area contributed by atoms with Crippen molar-refractivity contribution in [2.75, 3.05) is 44.7 Å². The molecule has 0 radical (unpaired) electrons. The SMILES string of the molecule is COc1ccc(N2CCN(C/C=C/c3cnn(-c4ncccn4)c3C)CC2)cc1. The van der Waals surface area contributed by atoms with Crippen molar-refractivity contribution < 1.29 is 4.74 Å². The highest BCUT2D eigenvalue weighted by atomic mass is 16.5. The Hall–Kier alpha value is -3.19. The van der Waals surface area contributed by atoms with Crippen LogP contribution >= 0.6 is 0 Å². The van der Waals surface area contributed by atoms with Crippen LogP contribution < -0.4 is 9.64 Å². The molecule has 150 valence electrons. The summed E-state index contributed by atoms with van der Waals surface area (Å²) in [5, 5.41) is 4.42. The van der Waals surface area contributed by atoms with Crippen molar-refractivity contribution in [1.29, 1.82) is 0 Å². The molecule has 3 heterocycles. The van der Waals surface area contributed by atoms with Gasteiger partial charge in [-0.1, -0.05) is 12.2 Å². The Bertz CT molecular complexity index is 943. The first kappa shape index (κ1) is 19.1. The van der Waals surface area contributed by atoms with Gasteiger partial charge in [0.25, 0.3) is 5.95 Å². The Morgan fingerprint density at radius 3 is 2.45 bits per heavy atom. The highest BCUT2D eigenvalue weighted by molar-refractivity contribution is 5.52. The van der Waals surface area contributed by atoms with Gasteiger partial charge in [0.2, 0.25) is 0 Å². The summed E-state index contributed by atoms with van der Waals surface area (Å²) in [4.78, 5) is 13.4. The standard InChI is InChI=1S/C22H26N6O/c1-18-19(17-25-28(18)22-23-10-4-11-24-22)5-3-12-26-13-15-27(16-14-26)20-6-8-21(29-2)9-7-20/h3-11,17H,12-16H2,1-2H3/b5-3+. The summed E-state index contributed by atoms with van der Waals surface area (Å²) in [6, 6.07) is 10.1. The van der Waals surface area contributed by atoms with Gasteiger partial charge in [-0.15, -0.1) is 0 Å². The minimum absolute atomic E-state index is 0.597. The molecule has 1 saturated heterocycles. The molecule has 0 unspecified atom stereocenters. The Morgan fingerprint density at radius 2 is 1.76 bits per heavy atom. The quantitative estimate of drug-likeness (QED) is 0.645. The van der Waals surface area contributed by atoms with Gasteiger partial charge in [0.15, 0.2) is 0 Å². The van der Waals surface area contributed by atoms with E-state index in [1.807, 2.05) is 25.3 Å². The predicted octanol–water partition coefficient (Wildman–Crippen LogP) is 2.81. The van der Waals surface area contributed by atoms with Crippen LogP contribution in [0.5, 0.6) is 5.75 Å². The number of benzene rings is 1. The highest BCUT2D eigenvalue weighted by Gasteiger charge is 2.16. The Balaban J connectivity index is 1.30. The Labute approximate surface area is 171 Å². The van der Waals surface area contributed by atoms with Crippen LogP contribution in [-0.2, 0) is 0 Å². The van der Waals surface area contributed by atoms with Crippen molar-refractivity contribution in [3.05, 3.63) is 66.3 Å². The smallest absolute Gasteiger partial charge is 0.250 e. The van der Waals surface area contributed by atoms with Crippen LogP contribution in [0.2, 0.25) is 0 Å². The van der Waals surface area contributed by atoms with Gasteiger partial charge in [0.1, 0.15) is 5.75 Å². The highest BCUT2D eigenvalue weighted by Crippen LogP contribution is 2.20. The summed E-state index contributed by atoms with van der Waals surface area (Å²) < 4.78 is 7.01. The monoisotopic (exact) mass is 390 g/mol. The van der Waals surface area contributed by atoms with Crippen molar-refractivity contribution in [3.8, 4) is 11.7 Å². The molecule has 3 aromatic rings. The lowest BCUT2D eigenvalue weighted by molar-refractivity contribution is 0.284. The first-order valence-corrected chi connectivity index (χ1v) is 9.84. The number of hydrogen-bond acceptors (Lipinski definition) is 6. The zero-order valence-corrected chi connectivity index (χ0v) is 16.9. The zero-order valence-electron chi connectivity index (χ0n) is 16.9. The fraction of sp³-hybridized carbons (Fsp3) is 0.318. The minimum atomic E-state index is 0.597. The van der Waals surface area contributed by atoms with Gasteiger partial charge in [0, 0.05) is 56.4 Å². The maximum absolute atomic E-state index is 5.24. The lowest BCUT2D eigenvalue weighted by Crippen LogP contribution is -2.46. The van der Waals surface area contributed by atoms with E-state index in [2.05, 4.69) is 49.2 Å². The maximum atomic E-state index is 5.24. The number of rotatable bonds is 6. The fourth-order valence-electron chi connectivity index (χ4n) is 3.50. The molecule has 0 bridgehead atoms. The second kappa shape index (κ2) is 8.87. The molecule has 0 atom stereocenters. The number of piperazine rings is 1. The molecule has 29 heavy (non-hydrogen) atoms. The van der Waals surface area contributed by atoms with Crippen LogP contribution in [0.25, 0.3) is 12.0 Å². The van der Waals surface area contributed by atoms with Gasteiger partial charge in [0.05, 0.1) is 19.0 Å². The largest absolute Gasteiger partial charge is 0.497 e. The van der Waals surface area contributed by atoms with E-state index in [4.69, 9.17) is 4.74 Å². The van der Waals surface area contributed by atoms with Gasteiger partial charge < -0.3 is 9.64 Å². The summed E-state index contributed by atoms with van der Waals surface area (Å²) in [6.07, 6.45) is 9.67. The average molecular weight is 390 g/mol. The average Bonchev–Trinajstić information content (AvgIpc) is 3.15. The first-order valence-electron chi connectivity index (χ1n) is 9.84. The molecule has 4 rings (SSSR count). The van der Waals surface area contributed by atoms with Gasteiger partial charge in [-0.05, 0) is 37.3 Å². The van der Waals surface area contributed by atoms with Crippen LogP contribution in [0.1, 0.15) is 11.3 Å². The second-order valence-electron chi connectivity index (χ2n) is 7.03. The van der Waals surface area contributed by atoms with Crippen molar-refractivity contribution >= 4 is 11.8 Å². The summed E-state index contributed by atoms with van der Waals surface area (Å²) in [7, 11) is 1.70. The fourth-order valence-corrected chi connectivity index (χ4v) is 3.50. The van der Waals surface area contributed by atoms with E-state index in [-0.39, 0.29) is 0 Å². The number of hydrogen-bond donors (Lipinski definition) is 0. The number of nitrogens with zero attached hydrogens (tertiary/aromatic N) is 6. The van der Waals surface area contributed by atoms with E-state index in [1.54, 1.807) is 30.3 Å². The molecule has 7 nitrogen and oxygen atoms in total. The van der Waals surface area contributed by atoms with Crippen LogP contribution in [0.4, 0.5) is 5.69 Å². The predicted molar refractivity (Wildman–Crippen MR) is 115 cm³/mol. The molecular weight excluding hydrogens is 364 g/mol. The normalized spacial score (nSPS) is 15.2. The molecule has 0 aliphatic carbocycles. The summed E-state index contributed by atoms with van der Waals surface area (Å²) in [5.74, 6) is 1.49. The maximum Gasteiger partial charge on any atom is 0.250 e. The van der Waals surface area contributed by atoms with Crippen molar-refractivity contribution in [2.45, 2.75) is 6.92 Å². The topological polar surface area (TPSA) is 59.3 Å². The van der Waals surface area contributed by atoms with E-state index in [1.165, 1.54) is 5.69 Å². The van der Waals surface area contributed by atoms with Gasteiger partial charge in [-0.2, -0.15) is 5.10 Å². The van der Waals surface area contributed by atoms with Crippen molar-refractivity contribution in [3.63, 3.8) is 0 Å². The number of methoxy groups -OCH3 is 1. The van der Waals surface area contributed by atoms with Gasteiger partial charge >= 0.3 is 0 Å². The number of ether oxygens (including phenoxy) is 1. The Kier molecular flexibility index (Phi) is 5.86. The lowest BCUT2D eigenvalue weighted by atomic mass is 10.2. The molecule has 1 aromatic carbocycles. The van der Waals surface area contributed by atoms with Crippen LogP contribution in [-0.4, -0.2) is 64.5 Å². The molecule has 2 aromatic heterocycles. The molecule has 0 saturated carbocycles. The third-order valence-electron chi connectivity index (χ3n) is 5.26. The molecule has 1 aliphatic rings. The summed E-state index contributed by atoms with van der Waals surface area (Å²) >= 11 is 0. The van der Waals surface area contributed by atoms with E-state index in [0.717, 1.165) is 49.7 Å². The zero-order chi connectivity index (χ0) is 20.1. The first-order chi connectivity index (χ1) is 14.2. The molecule has 1 fully saturated rings. The summed E-state index contributed by atoms with van der Waals surface area (Å²) in [6.45, 7) is 7.13. The van der Waals surface area contributed by atoms with Crippen molar-refractivity contribution in [2.24, 2.45) is 0 Å². The summed E-state index contributed by atoms with van der Waals surface area (Å²) in [5.41, 5.74) is 3.39. The third kappa shape index (κ3) is 4.46. The van der Waals surface area contributed by atoms with Crippen LogP contribution in [0.15, 0.2) is 55.0 Å². The minimum Gasteiger partial charge on any atom is -0.497 e. The van der Waals surface area contributed by atoms with Crippen LogP contribution in [0.3, 0.4) is 0 Å². The lowest BCUT2D eigenvalue weighted by Gasteiger charge is -2.35. The van der Waals surface area contributed by atoms with E-state index in [9.17, 15) is 0 Å². The second-order valence-corrected chi connectivity index (χ2v) is 7.03. The van der Waals surface area contributed by atoms with E-state index >= 15 is 0 Å². The number of aromatic nitrogens is 4. The number of anilines is 1. The Morgan fingerprint density at radius 1 is 1.03 bits per heavy atom. The molecular formula is C22H26N6O. The van der Waals surface area contributed by atoms with E-state index < -0.39 is 0 Å². The molecule has 0 amide bonds. The van der Waals surface area contributed by atoms with E-state index in [0.29, 0.717) is 5.95 Å². The third-order valence-corrected chi connectivity index (χ3v) is 5.26. The molecule has 0 spiro atoms. The van der Waals surface area contributed by atoms with Crippen molar-refractivity contribution in [1.82, 2.24) is 24.6 Å². The van der Waals surface area contributed by atoms with Gasteiger partial charge in [-0.3, -0.25) is 4.90 Å². The molecule has 0 N–H and O–H groups in total. The van der Waals surface area contributed by atoms with Crippen LogP contribution in [0, 0.1) is 6.92 Å². The van der Waals surface area contributed by atoms with Gasteiger partial charge in [-0.25, -0.2) is 14.6 Å². The molecule has 1 aliphatic heterocycles.